The van der Waals surface area contributed by atoms with Crippen molar-refractivity contribution >= 4 is 0 Å². The molecule has 1 N–H and O–H groups in total. The summed E-state index contributed by atoms with van der Waals surface area (Å²) in [4.78, 5) is 3.03. The van der Waals surface area contributed by atoms with Gasteiger partial charge in [-0.25, -0.2) is 4.57 Å². The minimum atomic E-state index is 0.635. The monoisotopic (exact) mass is 139 g/mol. The first-order valence-corrected chi connectivity index (χ1v) is 3.88. The molecular weight excluding hydrogens is 124 g/mol. The first-order valence-electron chi connectivity index (χ1n) is 3.88. The second-order valence-corrected chi connectivity index (χ2v) is 2.70. The molecule has 1 heterocycles. The lowest BCUT2D eigenvalue weighted by atomic mass is 10.2. The minimum Gasteiger partial charge on any atom is -0.250 e. The number of rotatable bonds is 3. The van der Waals surface area contributed by atoms with E-state index in [-0.39, 0.29) is 0 Å². The predicted octanol–water partition coefficient (Wildman–Crippen LogP) is 1.66. The zero-order valence-corrected chi connectivity index (χ0v) is 6.67. The first-order chi connectivity index (χ1) is 4.84. The van der Waals surface area contributed by atoms with Crippen LogP contribution in [0.4, 0.5) is 0 Å². The van der Waals surface area contributed by atoms with E-state index < -0.39 is 0 Å². The topological polar surface area (TPSA) is 19.7 Å². The highest BCUT2D eigenvalue weighted by molar-refractivity contribution is 4.57. The Morgan fingerprint density at radius 2 is 2.40 bits per heavy atom. The second kappa shape index (κ2) is 3.40. The van der Waals surface area contributed by atoms with E-state index >= 15 is 0 Å². The van der Waals surface area contributed by atoms with Crippen molar-refractivity contribution in [2.24, 2.45) is 0 Å². The summed E-state index contributed by atoms with van der Waals surface area (Å²) in [7, 11) is 0. The summed E-state index contributed by atoms with van der Waals surface area (Å²) in [6.45, 7) is 4.45. The van der Waals surface area contributed by atoms with Crippen molar-refractivity contribution in [3.05, 3.63) is 18.7 Å². The molecule has 0 aliphatic heterocycles. The fourth-order valence-corrected chi connectivity index (χ4v) is 1.14. The van der Waals surface area contributed by atoms with E-state index in [4.69, 9.17) is 0 Å². The van der Waals surface area contributed by atoms with Crippen molar-refractivity contribution in [1.82, 2.24) is 4.98 Å². The maximum atomic E-state index is 3.03. The van der Waals surface area contributed by atoms with Gasteiger partial charge in [-0.15, -0.1) is 0 Å². The molecule has 2 nitrogen and oxygen atoms in total. The number of hydrogen-bond acceptors (Lipinski definition) is 0. The van der Waals surface area contributed by atoms with Gasteiger partial charge < -0.3 is 0 Å². The van der Waals surface area contributed by atoms with Crippen LogP contribution in [-0.4, -0.2) is 4.98 Å². The molecule has 2 heteroatoms. The SMILES string of the molecule is CCCC(C)[n+]1cc[nH]c1. The Morgan fingerprint density at radius 1 is 1.60 bits per heavy atom. The molecular formula is C8H15N2+. The fourth-order valence-electron chi connectivity index (χ4n) is 1.14. The van der Waals surface area contributed by atoms with Crippen LogP contribution in [0.25, 0.3) is 0 Å². The van der Waals surface area contributed by atoms with Crippen LogP contribution in [0.2, 0.25) is 0 Å². The first kappa shape index (κ1) is 7.32. The highest BCUT2D eigenvalue weighted by atomic mass is 15.0. The maximum Gasteiger partial charge on any atom is 0.241 e. The molecule has 0 saturated heterocycles. The molecule has 56 valence electrons. The van der Waals surface area contributed by atoms with Crippen LogP contribution in [-0.2, 0) is 0 Å². The molecule has 0 spiro atoms. The Kier molecular flexibility index (Phi) is 2.49. The van der Waals surface area contributed by atoms with E-state index in [1.54, 1.807) is 0 Å². The average Bonchev–Trinajstić information content (AvgIpc) is 2.38. The van der Waals surface area contributed by atoms with E-state index in [0.29, 0.717) is 6.04 Å². The standard InChI is InChI=1S/C8H14N2/c1-3-4-8(2)10-6-5-9-7-10/h5-8H,3-4H2,1-2H3/p+1. The van der Waals surface area contributed by atoms with Gasteiger partial charge in [0.25, 0.3) is 0 Å². The number of H-pyrrole nitrogens is 1. The minimum absolute atomic E-state index is 0.635. The third-order valence-corrected chi connectivity index (χ3v) is 1.78. The number of imidazole rings is 1. The fraction of sp³-hybridized carbons (Fsp3) is 0.625. The van der Waals surface area contributed by atoms with Crippen LogP contribution in [0.1, 0.15) is 32.7 Å². The number of hydrogen-bond donors (Lipinski definition) is 1. The van der Waals surface area contributed by atoms with Crippen LogP contribution in [0.3, 0.4) is 0 Å². The smallest absolute Gasteiger partial charge is 0.241 e. The zero-order valence-electron chi connectivity index (χ0n) is 6.67. The summed E-state index contributed by atoms with van der Waals surface area (Å²) in [6.07, 6.45) is 8.52. The third kappa shape index (κ3) is 1.59. The van der Waals surface area contributed by atoms with Gasteiger partial charge in [0.05, 0.1) is 6.04 Å². The molecule has 0 saturated carbocycles. The van der Waals surface area contributed by atoms with E-state index in [2.05, 4.69) is 29.6 Å². The number of nitrogens with zero attached hydrogens (tertiary/aromatic N) is 1. The molecule has 0 aliphatic carbocycles. The Hall–Kier alpha value is -0.790. The van der Waals surface area contributed by atoms with Crippen molar-refractivity contribution in [3.8, 4) is 0 Å². The van der Waals surface area contributed by atoms with Gasteiger partial charge in [0, 0.05) is 0 Å². The Morgan fingerprint density at radius 3 is 2.90 bits per heavy atom. The molecule has 1 aromatic rings. The van der Waals surface area contributed by atoms with Crippen molar-refractivity contribution in [3.63, 3.8) is 0 Å². The lowest BCUT2D eigenvalue weighted by molar-refractivity contribution is -0.719. The summed E-state index contributed by atoms with van der Waals surface area (Å²) < 4.78 is 2.20. The second-order valence-electron chi connectivity index (χ2n) is 2.70. The van der Waals surface area contributed by atoms with Gasteiger partial charge >= 0.3 is 0 Å². The van der Waals surface area contributed by atoms with Crippen molar-refractivity contribution < 1.29 is 4.57 Å². The molecule has 10 heavy (non-hydrogen) atoms. The van der Waals surface area contributed by atoms with E-state index in [9.17, 15) is 0 Å². The van der Waals surface area contributed by atoms with Crippen LogP contribution in [0.5, 0.6) is 0 Å². The molecule has 1 rings (SSSR count). The summed E-state index contributed by atoms with van der Waals surface area (Å²) in [5.41, 5.74) is 0. The maximum absolute atomic E-state index is 3.03. The van der Waals surface area contributed by atoms with Gasteiger partial charge in [-0.1, -0.05) is 13.3 Å². The summed E-state index contributed by atoms with van der Waals surface area (Å²) in [5.74, 6) is 0. The number of nitrogens with one attached hydrogen (secondary N) is 1. The molecule has 0 fully saturated rings. The zero-order chi connectivity index (χ0) is 7.40. The summed E-state index contributed by atoms with van der Waals surface area (Å²) >= 11 is 0. The van der Waals surface area contributed by atoms with E-state index in [1.165, 1.54) is 12.8 Å². The molecule has 1 unspecified atom stereocenters. The molecule has 0 amide bonds. The van der Waals surface area contributed by atoms with Crippen LogP contribution in [0.15, 0.2) is 18.7 Å². The Balaban J connectivity index is 2.50. The van der Waals surface area contributed by atoms with Crippen molar-refractivity contribution in [2.75, 3.05) is 0 Å². The van der Waals surface area contributed by atoms with Crippen LogP contribution < -0.4 is 4.57 Å². The summed E-state index contributed by atoms with van der Waals surface area (Å²) in [6, 6.07) is 0.635. The largest absolute Gasteiger partial charge is 0.250 e. The van der Waals surface area contributed by atoms with Gasteiger partial charge in [0.15, 0.2) is 0 Å². The van der Waals surface area contributed by atoms with Gasteiger partial charge in [-0.3, -0.25) is 4.98 Å². The quantitative estimate of drug-likeness (QED) is 0.614. The molecule has 0 bridgehead atoms. The third-order valence-electron chi connectivity index (χ3n) is 1.78. The molecule has 0 aliphatic rings. The van der Waals surface area contributed by atoms with Crippen molar-refractivity contribution in [2.45, 2.75) is 32.7 Å². The highest BCUT2D eigenvalue weighted by Crippen LogP contribution is 2.02. The van der Waals surface area contributed by atoms with Crippen LogP contribution >= 0.6 is 0 Å². The average molecular weight is 139 g/mol. The molecule has 0 radical (unpaired) electrons. The lowest BCUT2D eigenvalue weighted by Gasteiger charge is -2.03. The van der Waals surface area contributed by atoms with Crippen molar-refractivity contribution in [1.29, 1.82) is 0 Å². The molecule has 1 atom stereocenters. The number of aromatic nitrogens is 2. The van der Waals surface area contributed by atoms with Gasteiger partial charge in [-0.05, 0) is 13.3 Å². The van der Waals surface area contributed by atoms with Crippen LogP contribution in [0, 0.1) is 0 Å². The van der Waals surface area contributed by atoms with Gasteiger partial charge in [0.1, 0.15) is 12.4 Å². The Bertz CT molecular complexity index is 167. The predicted molar refractivity (Wildman–Crippen MR) is 40.6 cm³/mol. The highest BCUT2D eigenvalue weighted by Gasteiger charge is 2.05. The lowest BCUT2D eigenvalue weighted by Crippen LogP contribution is -2.34. The normalized spacial score (nSPS) is 13.4. The van der Waals surface area contributed by atoms with Gasteiger partial charge in [0.2, 0.25) is 6.33 Å². The summed E-state index contributed by atoms with van der Waals surface area (Å²) in [5, 5.41) is 0. The van der Waals surface area contributed by atoms with E-state index in [1.807, 2.05) is 12.5 Å². The molecule has 1 aromatic heterocycles. The Labute approximate surface area is 61.9 Å². The number of aromatic amines is 1. The van der Waals surface area contributed by atoms with Gasteiger partial charge in [-0.2, -0.15) is 0 Å². The van der Waals surface area contributed by atoms with E-state index in [0.717, 1.165) is 0 Å². The molecule has 0 aromatic carbocycles.